The minimum absolute atomic E-state index is 0.375. The normalized spacial score (nSPS) is 20.2. The molecule has 1 unspecified atom stereocenters. The van der Waals surface area contributed by atoms with Crippen LogP contribution in [0.25, 0.3) is 0 Å². The summed E-state index contributed by atoms with van der Waals surface area (Å²) in [5.74, 6) is 0. The molecule has 1 fully saturated rings. The molecule has 1 rings (SSSR count). The molecule has 0 aliphatic heterocycles. The lowest BCUT2D eigenvalue weighted by Gasteiger charge is -2.14. The van der Waals surface area contributed by atoms with Gasteiger partial charge in [0.1, 0.15) is 0 Å². The number of hydrogen-bond acceptors (Lipinski definition) is 2. The monoisotopic (exact) mass is 212 g/mol. The zero-order valence-corrected chi connectivity index (χ0v) is 10.5. The van der Waals surface area contributed by atoms with Gasteiger partial charge in [-0.15, -0.1) is 0 Å². The average molecular weight is 212 g/mol. The van der Waals surface area contributed by atoms with E-state index in [2.05, 4.69) is 19.2 Å². The molecule has 90 valence electrons. The fourth-order valence-corrected chi connectivity index (χ4v) is 2.29. The van der Waals surface area contributed by atoms with Crippen molar-refractivity contribution in [1.29, 1.82) is 0 Å². The van der Waals surface area contributed by atoms with E-state index in [0.29, 0.717) is 11.5 Å². The third kappa shape index (κ3) is 5.53. The van der Waals surface area contributed by atoms with E-state index in [1.54, 1.807) is 0 Å². The number of nitrogens with one attached hydrogen (secondary N) is 1. The van der Waals surface area contributed by atoms with Gasteiger partial charge in [0.25, 0.3) is 0 Å². The molecule has 0 aromatic carbocycles. The molecule has 1 atom stereocenters. The molecule has 0 aromatic heterocycles. The lowest BCUT2D eigenvalue weighted by atomic mass is 10.0. The molecule has 0 bridgehead atoms. The second kappa shape index (κ2) is 6.49. The van der Waals surface area contributed by atoms with Crippen molar-refractivity contribution >= 4 is 0 Å². The first-order chi connectivity index (χ1) is 7.18. The van der Waals surface area contributed by atoms with Crippen LogP contribution in [-0.2, 0) is 0 Å². The highest BCUT2D eigenvalue weighted by Gasteiger charge is 2.40. The fourth-order valence-electron chi connectivity index (χ4n) is 2.29. The van der Waals surface area contributed by atoms with Gasteiger partial charge >= 0.3 is 0 Å². The molecule has 0 saturated heterocycles. The zero-order chi connectivity index (χ0) is 11.1. The summed E-state index contributed by atoms with van der Waals surface area (Å²) in [6.45, 7) is 6.81. The molecular weight excluding hydrogens is 184 g/mol. The van der Waals surface area contributed by atoms with Gasteiger partial charge in [0.15, 0.2) is 0 Å². The lowest BCUT2D eigenvalue weighted by molar-refractivity contribution is 0.416. The second-order valence-electron chi connectivity index (χ2n) is 5.40. The van der Waals surface area contributed by atoms with Gasteiger partial charge in [-0.1, -0.05) is 19.8 Å². The maximum absolute atomic E-state index is 5.71. The Balaban J connectivity index is 1.89. The Bertz CT molecular complexity index is 162. The molecule has 1 saturated carbocycles. The van der Waals surface area contributed by atoms with Crippen LogP contribution in [0.3, 0.4) is 0 Å². The van der Waals surface area contributed by atoms with Crippen LogP contribution >= 0.6 is 0 Å². The number of rotatable bonds is 9. The van der Waals surface area contributed by atoms with Crippen molar-refractivity contribution in [3.05, 3.63) is 0 Å². The molecule has 15 heavy (non-hydrogen) atoms. The summed E-state index contributed by atoms with van der Waals surface area (Å²) in [6.07, 6.45) is 9.38. The molecule has 0 amide bonds. The van der Waals surface area contributed by atoms with E-state index in [4.69, 9.17) is 5.73 Å². The fraction of sp³-hybridized carbons (Fsp3) is 1.00. The first kappa shape index (κ1) is 13.0. The number of nitrogens with two attached hydrogens (primary N) is 1. The molecule has 0 radical (unpaired) electrons. The van der Waals surface area contributed by atoms with Crippen LogP contribution in [0.1, 0.15) is 58.8 Å². The van der Waals surface area contributed by atoms with E-state index in [1.165, 1.54) is 58.0 Å². The third-order valence-electron chi connectivity index (χ3n) is 3.50. The first-order valence-electron chi connectivity index (χ1n) is 6.65. The van der Waals surface area contributed by atoms with Crippen LogP contribution in [0.4, 0.5) is 0 Å². The average Bonchev–Trinajstić information content (AvgIpc) is 2.92. The lowest BCUT2D eigenvalue weighted by Crippen LogP contribution is -2.25. The highest BCUT2D eigenvalue weighted by Crippen LogP contribution is 2.48. The smallest absolute Gasteiger partial charge is 0.00104 e. The van der Waals surface area contributed by atoms with E-state index < -0.39 is 0 Å². The second-order valence-corrected chi connectivity index (χ2v) is 5.40. The van der Waals surface area contributed by atoms with Gasteiger partial charge in [0, 0.05) is 12.6 Å². The first-order valence-corrected chi connectivity index (χ1v) is 6.65. The van der Waals surface area contributed by atoms with Crippen molar-refractivity contribution in [2.45, 2.75) is 64.8 Å². The molecule has 0 aromatic rings. The van der Waals surface area contributed by atoms with Crippen LogP contribution in [0.2, 0.25) is 0 Å². The summed E-state index contributed by atoms with van der Waals surface area (Å²) < 4.78 is 0. The third-order valence-corrected chi connectivity index (χ3v) is 3.50. The largest absolute Gasteiger partial charge is 0.328 e. The Kier molecular flexibility index (Phi) is 5.62. The van der Waals surface area contributed by atoms with Crippen LogP contribution < -0.4 is 11.1 Å². The van der Waals surface area contributed by atoms with Gasteiger partial charge in [-0.2, -0.15) is 0 Å². The standard InChI is InChI=1S/C13H28N2/c1-3-7-13(8-9-13)11-15-10-5-4-6-12(2)14/h12,15H,3-11,14H2,1-2H3. The van der Waals surface area contributed by atoms with Crippen molar-refractivity contribution in [2.75, 3.05) is 13.1 Å². The molecule has 0 heterocycles. The van der Waals surface area contributed by atoms with E-state index in [9.17, 15) is 0 Å². The van der Waals surface area contributed by atoms with Gasteiger partial charge in [-0.25, -0.2) is 0 Å². The highest BCUT2D eigenvalue weighted by atomic mass is 14.9. The van der Waals surface area contributed by atoms with Crippen LogP contribution in [0.5, 0.6) is 0 Å². The Morgan fingerprint density at radius 1 is 1.33 bits per heavy atom. The SMILES string of the molecule is CCCC1(CNCCCCC(C)N)CC1. The van der Waals surface area contributed by atoms with Crippen molar-refractivity contribution in [1.82, 2.24) is 5.32 Å². The Labute approximate surface area is 95.0 Å². The van der Waals surface area contributed by atoms with Gasteiger partial charge < -0.3 is 11.1 Å². The maximum Gasteiger partial charge on any atom is 0.00104 e. The molecule has 1 aliphatic rings. The molecule has 2 heteroatoms. The van der Waals surface area contributed by atoms with Crippen molar-refractivity contribution in [3.63, 3.8) is 0 Å². The Morgan fingerprint density at radius 3 is 2.60 bits per heavy atom. The van der Waals surface area contributed by atoms with E-state index in [-0.39, 0.29) is 0 Å². The van der Waals surface area contributed by atoms with Gasteiger partial charge in [0.2, 0.25) is 0 Å². The summed E-state index contributed by atoms with van der Waals surface area (Å²) in [7, 11) is 0. The van der Waals surface area contributed by atoms with E-state index >= 15 is 0 Å². The topological polar surface area (TPSA) is 38.0 Å². The zero-order valence-electron chi connectivity index (χ0n) is 10.5. The predicted octanol–water partition coefficient (Wildman–Crippen LogP) is 2.67. The predicted molar refractivity (Wildman–Crippen MR) is 66.9 cm³/mol. The van der Waals surface area contributed by atoms with Crippen LogP contribution in [0, 0.1) is 5.41 Å². The van der Waals surface area contributed by atoms with Gasteiger partial charge in [0.05, 0.1) is 0 Å². The molecule has 1 aliphatic carbocycles. The van der Waals surface area contributed by atoms with Gasteiger partial charge in [-0.3, -0.25) is 0 Å². The Morgan fingerprint density at radius 2 is 2.07 bits per heavy atom. The Hall–Kier alpha value is -0.0800. The van der Waals surface area contributed by atoms with Crippen LogP contribution in [0.15, 0.2) is 0 Å². The quantitative estimate of drug-likeness (QED) is 0.577. The highest BCUT2D eigenvalue weighted by molar-refractivity contribution is 4.94. The summed E-state index contributed by atoms with van der Waals surface area (Å²) in [4.78, 5) is 0. The van der Waals surface area contributed by atoms with Crippen molar-refractivity contribution in [3.8, 4) is 0 Å². The van der Waals surface area contributed by atoms with Gasteiger partial charge in [-0.05, 0) is 51.0 Å². The maximum atomic E-state index is 5.71. The van der Waals surface area contributed by atoms with Crippen LogP contribution in [-0.4, -0.2) is 19.1 Å². The minimum atomic E-state index is 0.375. The van der Waals surface area contributed by atoms with E-state index in [0.717, 1.165) is 0 Å². The van der Waals surface area contributed by atoms with Crippen molar-refractivity contribution in [2.24, 2.45) is 11.1 Å². The summed E-state index contributed by atoms with van der Waals surface area (Å²) in [5, 5.41) is 3.61. The summed E-state index contributed by atoms with van der Waals surface area (Å²) >= 11 is 0. The van der Waals surface area contributed by atoms with E-state index in [1.807, 2.05) is 0 Å². The molecular formula is C13H28N2. The number of unbranched alkanes of at least 4 members (excludes halogenated alkanes) is 1. The van der Waals surface area contributed by atoms with Crippen molar-refractivity contribution < 1.29 is 0 Å². The molecule has 2 nitrogen and oxygen atoms in total. The molecule has 3 N–H and O–H groups in total. The minimum Gasteiger partial charge on any atom is -0.328 e. The summed E-state index contributed by atoms with van der Waals surface area (Å²) in [5.41, 5.74) is 6.41. The number of hydrogen-bond donors (Lipinski definition) is 2. The summed E-state index contributed by atoms with van der Waals surface area (Å²) in [6, 6.07) is 0.375. The molecule has 0 spiro atoms.